The predicted octanol–water partition coefficient (Wildman–Crippen LogP) is 4.99. The van der Waals surface area contributed by atoms with E-state index in [4.69, 9.17) is 4.52 Å². The van der Waals surface area contributed by atoms with E-state index in [9.17, 15) is 5.11 Å². The minimum Gasteiger partial charge on any atom is -0.380 e. The lowest BCUT2D eigenvalue weighted by Crippen LogP contribution is -2.30. The van der Waals surface area contributed by atoms with Crippen molar-refractivity contribution in [3.05, 3.63) is 86.1 Å². The fourth-order valence-corrected chi connectivity index (χ4v) is 3.10. The molecule has 0 aliphatic heterocycles. The number of rotatable bonds is 4. The first-order chi connectivity index (χ1) is 11.0. The van der Waals surface area contributed by atoms with Crippen LogP contribution in [0.5, 0.6) is 0 Å². The second-order valence-corrected chi connectivity index (χ2v) is 7.32. The molecule has 1 aromatic heterocycles. The summed E-state index contributed by atoms with van der Waals surface area (Å²) in [5.41, 5.74) is 1.22. The first-order valence-corrected chi connectivity index (χ1v) is 8.73. The predicted molar refractivity (Wildman–Crippen MR) is 96.2 cm³/mol. The third kappa shape index (κ3) is 3.57. The third-order valence-electron chi connectivity index (χ3n) is 3.75. The summed E-state index contributed by atoms with van der Waals surface area (Å²) in [5, 5.41) is 15.4. The van der Waals surface area contributed by atoms with Crippen LogP contribution in [0.1, 0.15) is 22.6 Å². The van der Waals surface area contributed by atoms with Gasteiger partial charge in [-0.25, -0.2) is 0 Å². The van der Waals surface area contributed by atoms with E-state index in [0.29, 0.717) is 12.2 Å². The molecule has 1 heterocycles. The Kier molecular flexibility index (Phi) is 4.71. The Morgan fingerprint density at radius 2 is 1.43 bits per heavy atom. The van der Waals surface area contributed by atoms with E-state index in [0.717, 1.165) is 25.8 Å². The lowest BCUT2D eigenvalue weighted by Gasteiger charge is -2.28. The average Bonchev–Trinajstić information content (AvgIpc) is 2.93. The molecule has 0 radical (unpaired) electrons. The summed E-state index contributed by atoms with van der Waals surface area (Å²) in [6, 6.07) is 17.2. The molecule has 118 valence electrons. The van der Waals surface area contributed by atoms with Crippen LogP contribution in [-0.2, 0) is 12.0 Å². The van der Waals surface area contributed by atoms with Gasteiger partial charge < -0.3 is 9.63 Å². The van der Waals surface area contributed by atoms with E-state index in [1.165, 1.54) is 0 Å². The molecule has 2 aromatic carbocycles. The number of hydrogen-bond donors (Lipinski definition) is 1. The van der Waals surface area contributed by atoms with Crippen LogP contribution >= 0.6 is 31.9 Å². The van der Waals surface area contributed by atoms with Crippen molar-refractivity contribution in [2.75, 3.05) is 0 Å². The van der Waals surface area contributed by atoms with Crippen molar-refractivity contribution >= 4 is 31.9 Å². The second kappa shape index (κ2) is 6.59. The van der Waals surface area contributed by atoms with Gasteiger partial charge in [-0.15, -0.1) is 0 Å². The maximum Gasteiger partial charge on any atom is 0.140 e. The van der Waals surface area contributed by atoms with Crippen molar-refractivity contribution in [1.82, 2.24) is 5.16 Å². The Morgan fingerprint density at radius 3 is 1.83 bits per heavy atom. The van der Waals surface area contributed by atoms with Crippen molar-refractivity contribution < 1.29 is 9.63 Å². The molecular formula is C18H15Br2NO2. The van der Waals surface area contributed by atoms with E-state index in [2.05, 4.69) is 37.0 Å². The van der Waals surface area contributed by atoms with Gasteiger partial charge in [0.05, 0.1) is 5.69 Å². The Bertz CT molecular complexity index is 749. The molecule has 3 rings (SSSR count). The van der Waals surface area contributed by atoms with Crippen LogP contribution in [-0.4, -0.2) is 10.3 Å². The molecule has 0 aliphatic carbocycles. The van der Waals surface area contributed by atoms with E-state index >= 15 is 0 Å². The molecule has 0 spiro atoms. The second-order valence-electron chi connectivity index (χ2n) is 5.49. The zero-order valence-corrected chi connectivity index (χ0v) is 15.6. The standard InChI is InChI=1S/C18H15Br2NO2/c1-12-10-17(23-21-12)11-18(22,13-2-6-15(19)7-3-13)14-4-8-16(20)9-5-14/h2-10,22H,11H2,1H3. The van der Waals surface area contributed by atoms with Gasteiger partial charge in [0, 0.05) is 21.4 Å². The molecule has 0 unspecified atom stereocenters. The Morgan fingerprint density at radius 1 is 0.957 bits per heavy atom. The van der Waals surface area contributed by atoms with Crippen LogP contribution in [0.2, 0.25) is 0 Å². The summed E-state index contributed by atoms with van der Waals surface area (Å²) in [6.45, 7) is 1.87. The number of aromatic nitrogens is 1. The van der Waals surface area contributed by atoms with Crippen LogP contribution in [0.4, 0.5) is 0 Å². The maximum atomic E-state index is 11.5. The summed E-state index contributed by atoms with van der Waals surface area (Å²) in [6.07, 6.45) is 0.317. The van der Waals surface area contributed by atoms with Gasteiger partial charge in [0.15, 0.2) is 0 Å². The highest BCUT2D eigenvalue weighted by atomic mass is 79.9. The molecule has 3 nitrogen and oxygen atoms in total. The van der Waals surface area contributed by atoms with Gasteiger partial charge in [-0.1, -0.05) is 61.3 Å². The molecule has 23 heavy (non-hydrogen) atoms. The van der Waals surface area contributed by atoms with E-state index in [1.807, 2.05) is 61.5 Å². The number of benzene rings is 2. The van der Waals surface area contributed by atoms with E-state index < -0.39 is 5.60 Å². The smallest absolute Gasteiger partial charge is 0.140 e. The quantitative estimate of drug-likeness (QED) is 0.626. The molecule has 0 saturated carbocycles. The molecule has 3 aromatic rings. The number of aliphatic hydroxyl groups is 1. The highest BCUT2D eigenvalue weighted by Crippen LogP contribution is 2.34. The van der Waals surface area contributed by atoms with Gasteiger partial charge in [-0.05, 0) is 42.3 Å². The molecule has 0 amide bonds. The van der Waals surface area contributed by atoms with Crippen LogP contribution in [0.25, 0.3) is 0 Å². The normalized spacial score (nSPS) is 11.7. The molecule has 1 N–H and O–H groups in total. The fourth-order valence-electron chi connectivity index (χ4n) is 2.57. The van der Waals surface area contributed by atoms with Gasteiger partial charge in [-0.3, -0.25) is 0 Å². The average molecular weight is 437 g/mol. The van der Waals surface area contributed by atoms with E-state index in [-0.39, 0.29) is 0 Å². The lowest BCUT2D eigenvalue weighted by atomic mass is 9.83. The number of halogens is 2. The first-order valence-electron chi connectivity index (χ1n) is 7.14. The van der Waals surface area contributed by atoms with Gasteiger partial charge in [0.1, 0.15) is 11.4 Å². The van der Waals surface area contributed by atoms with Crippen molar-refractivity contribution in [1.29, 1.82) is 0 Å². The SMILES string of the molecule is Cc1cc(CC(O)(c2ccc(Br)cc2)c2ccc(Br)cc2)on1. The van der Waals surface area contributed by atoms with Crippen LogP contribution in [0.3, 0.4) is 0 Å². The summed E-state index contributed by atoms with van der Waals surface area (Å²) in [4.78, 5) is 0. The molecule has 0 fully saturated rings. The molecular weight excluding hydrogens is 422 g/mol. The van der Waals surface area contributed by atoms with Crippen molar-refractivity contribution in [2.45, 2.75) is 18.9 Å². The van der Waals surface area contributed by atoms with Crippen molar-refractivity contribution in [3.63, 3.8) is 0 Å². The van der Waals surface area contributed by atoms with Gasteiger partial charge >= 0.3 is 0 Å². The summed E-state index contributed by atoms with van der Waals surface area (Å²) < 4.78 is 7.26. The molecule has 0 saturated heterocycles. The third-order valence-corrected chi connectivity index (χ3v) is 4.81. The Labute approximate surface area is 151 Å². The topological polar surface area (TPSA) is 46.3 Å². The molecule has 0 aliphatic rings. The largest absolute Gasteiger partial charge is 0.380 e. The minimum absolute atomic E-state index is 0.317. The zero-order valence-electron chi connectivity index (χ0n) is 12.5. The van der Waals surface area contributed by atoms with Gasteiger partial charge in [-0.2, -0.15) is 0 Å². The van der Waals surface area contributed by atoms with E-state index in [1.54, 1.807) is 0 Å². The fraction of sp³-hybridized carbons (Fsp3) is 0.167. The molecule has 5 heteroatoms. The summed E-state index contributed by atoms with van der Waals surface area (Å²) in [7, 11) is 0. The Balaban J connectivity index is 2.07. The monoisotopic (exact) mass is 435 g/mol. The number of hydrogen-bond acceptors (Lipinski definition) is 3. The highest BCUT2D eigenvalue weighted by molar-refractivity contribution is 9.10. The first kappa shape index (κ1) is 16.4. The van der Waals surface area contributed by atoms with Crippen LogP contribution in [0.15, 0.2) is 68.1 Å². The molecule has 0 bridgehead atoms. The Hall–Kier alpha value is -1.43. The lowest BCUT2D eigenvalue weighted by molar-refractivity contribution is 0.0732. The van der Waals surface area contributed by atoms with Crippen LogP contribution < -0.4 is 0 Å². The van der Waals surface area contributed by atoms with Gasteiger partial charge in [0.2, 0.25) is 0 Å². The van der Waals surface area contributed by atoms with Crippen molar-refractivity contribution in [3.8, 4) is 0 Å². The summed E-state index contributed by atoms with van der Waals surface area (Å²) >= 11 is 6.86. The highest BCUT2D eigenvalue weighted by Gasteiger charge is 2.33. The van der Waals surface area contributed by atoms with Crippen LogP contribution in [0, 0.1) is 6.92 Å². The number of aryl methyl sites for hydroxylation is 1. The van der Waals surface area contributed by atoms with Gasteiger partial charge in [0.25, 0.3) is 0 Å². The zero-order chi connectivity index (χ0) is 16.4. The summed E-state index contributed by atoms with van der Waals surface area (Å²) in [5.74, 6) is 0.649. The maximum absolute atomic E-state index is 11.5. The molecule has 0 atom stereocenters. The minimum atomic E-state index is -1.19. The number of nitrogens with zero attached hydrogens (tertiary/aromatic N) is 1. The van der Waals surface area contributed by atoms with Crippen molar-refractivity contribution in [2.24, 2.45) is 0 Å².